The van der Waals surface area contributed by atoms with E-state index in [9.17, 15) is 13.2 Å². The van der Waals surface area contributed by atoms with Crippen LogP contribution in [0.5, 0.6) is 0 Å². The highest BCUT2D eigenvalue weighted by Crippen LogP contribution is 2.27. The third kappa shape index (κ3) is 4.43. The summed E-state index contributed by atoms with van der Waals surface area (Å²) in [5, 5.41) is 1.87. The van der Waals surface area contributed by atoms with E-state index < -0.39 is 15.4 Å². The van der Waals surface area contributed by atoms with Gasteiger partial charge in [0.15, 0.2) is 0 Å². The molecule has 0 spiro atoms. The SMILES string of the molecule is NC(c1cccc(C(=O)NC2CCCCC2)c1)S(=O)(=O)N1CCc2ccccc2C1. The van der Waals surface area contributed by atoms with Crippen LogP contribution in [0.4, 0.5) is 0 Å². The van der Waals surface area contributed by atoms with Crippen LogP contribution in [0.3, 0.4) is 0 Å². The molecule has 1 unspecified atom stereocenters. The van der Waals surface area contributed by atoms with E-state index in [2.05, 4.69) is 5.32 Å². The number of hydrogen-bond donors (Lipinski definition) is 2. The van der Waals surface area contributed by atoms with Crippen molar-refractivity contribution in [2.45, 2.75) is 56.5 Å². The van der Waals surface area contributed by atoms with Gasteiger partial charge in [0.05, 0.1) is 0 Å². The largest absolute Gasteiger partial charge is 0.349 e. The second kappa shape index (κ2) is 8.88. The minimum Gasteiger partial charge on any atom is -0.349 e. The number of amides is 1. The lowest BCUT2D eigenvalue weighted by Crippen LogP contribution is -2.41. The van der Waals surface area contributed by atoms with Gasteiger partial charge in [0.2, 0.25) is 10.0 Å². The van der Waals surface area contributed by atoms with Crippen molar-refractivity contribution in [1.29, 1.82) is 0 Å². The third-order valence-corrected chi connectivity index (χ3v) is 8.14. The number of sulfonamides is 1. The number of carbonyl (C=O) groups excluding carboxylic acids is 1. The zero-order valence-corrected chi connectivity index (χ0v) is 17.9. The average Bonchev–Trinajstić information content (AvgIpc) is 2.79. The second-order valence-corrected chi connectivity index (χ2v) is 10.3. The van der Waals surface area contributed by atoms with Crippen molar-refractivity contribution < 1.29 is 13.2 Å². The predicted molar refractivity (Wildman–Crippen MR) is 117 cm³/mol. The number of nitrogens with one attached hydrogen (secondary N) is 1. The summed E-state index contributed by atoms with van der Waals surface area (Å²) in [4.78, 5) is 12.7. The Kier molecular flexibility index (Phi) is 6.22. The van der Waals surface area contributed by atoms with Crippen molar-refractivity contribution in [2.24, 2.45) is 5.73 Å². The second-order valence-electron chi connectivity index (χ2n) is 8.25. The van der Waals surface area contributed by atoms with Crippen LogP contribution in [-0.4, -0.2) is 31.2 Å². The Balaban J connectivity index is 1.49. The number of fused-ring (bicyclic) bond motifs is 1. The molecular formula is C23H29N3O3S. The maximum absolute atomic E-state index is 13.2. The first-order valence-corrected chi connectivity index (χ1v) is 12.2. The van der Waals surface area contributed by atoms with E-state index in [-0.39, 0.29) is 11.9 Å². The van der Waals surface area contributed by atoms with Gasteiger partial charge in [0.25, 0.3) is 5.91 Å². The van der Waals surface area contributed by atoms with Crippen molar-refractivity contribution in [1.82, 2.24) is 9.62 Å². The Hall–Kier alpha value is -2.22. The molecular weight excluding hydrogens is 398 g/mol. The van der Waals surface area contributed by atoms with Crippen molar-refractivity contribution >= 4 is 15.9 Å². The summed E-state index contributed by atoms with van der Waals surface area (Å²) in [6.07, 6.45) is 6.15. The van der Waals surface area contributed by atoms with Gasteiger partial charge in [-0.1, -0.05) is 55.7 Å². The molecule has 4 rings (SSSR count). The predicted octanol–water partition coefficient (Wildman–Crippen LogP) is 3.09. The molecule has 0 bridgehead atoms. The fourth-order valence-corrected chi connectivity index (χ4v) is 5.87. The fourth-order valence-electron chi connectivity index (χ4n) is 4.39. The number of nitrogens with two attached hydrogens (primary N) is 1. The first-order valence-electron chi connectivity index (χ1n) is 10.7. The molecule has 1 aliphatic carbocycles. The molecule has 1 atom stereocenters. The molecule has 0 aromatic heterocycles. The Morgan fingerprint density at radius 3 is 2.53 bits per heavy atom. The van der Waals surface area contributed by atoms with Gasteiger partial charge in [0.1, 0.15) is 5.37 Å². The van der Waals surface area contributed by atoms with Crippen LogP contribution in [0.2, 0.25) is 0 Å². The minimum absolute atomic E-state index is 0.166. The zero-order valence-electron chi connectivity index (χ0n) is 17.1. The highest BCUT2D eigenvalue weighted by atomic mass is 32.2. The van der Waals surface area contributed by atoms with Crippen LogP contribution in [0, 0.1) is 0 Å². The molecule has 0 radical (unpaired) electrons. The van der Waals surface area contributed by atoms with E-state index in [1.807, 2.05) is 24.3 Å². The third-order valence-electron chi connectivity index (χ3n) is 6.19. The van der Waals surface area contributed by atoms with E-state index in [1.165, 1.54) is 16.3 Å². The smallest absolute Gasteiger partial charge is 0.251 e. The molecule has 160 valence electrons. The first-order chi connectivity index (χ1) is 14.4. The molecule has 7 heteroatoms. The van der Waals surface area contributed by atoms with Crippen LogP contribution >= 0.6 is 0 Å². The van der Waals surface area contributed by atoms with Crippen molar-refractivity contribution in [3.05, 3.63) is 70.8 Å². The zero-order chi connectivity index (χ0) is 21.1. The lowest BCUT2D eigenvalue weighted by molar-refractivity contribution is 0.0927. The van der Waals surface area contributed by atoms with E-state index in [0.29, 0.717) is 30.6 Å². The van der Waals surface area contributed by atoms with Crippen LogP contribution in [0.15, 0.2) is 48.5 Å². The summed E-state index contributed by atoms with van der Waals surface area (Å²) in [5.41, 5.74) is 9.30. The van der Waals surface area contributed by atoms with E-state index in [4.69, 9.17) is 5.73 Å². The van der Waals surface area contributed by atoms with Crippen molar-refractivity contribution in [3.8, 4) is 0 Å². The first kappa shape index (κ1) is 21.0. The Bertz CT molecular complexity index is 1020. The van der Waals surface area contributed by atoms with Gasteiger partial charge in [0, 0.05) is 24.7 Å². The summed E-state index contributed by atoms with van der Waals surface area (Å²) >= 11 is 0. The number of benzene rings is 2. The summed E-state index contributed by atoms with van der Waals surface area (Å²) in [7, 11) is -3.75. The number of rotatable bonds is 5. The number of nitrogens with zero attached hydrogens (tertiary/aromatic N) is 1. The maximum atomic E-state index is 13.2. The van der Waals surface area contributed by atoms with Crippen molar-refractivity contribution in [2.75, 3.05) is 6.54 Å². The molecule has 6 nitrogen and oxygen atoms in total. The van der Waals surface area contributed by atoms with Gasteiger partial charge in [-0.3, -0.25) is 4.79 Å². The quantitative estimate of drug-likeness (QED) is 0.767. The minimum atomic E-state index is -3.75. The molecule has 1 heterocycles. The lowest BCUT2D eigenvalue weighted by atomic mass is 9.95. The van der Waals surface area contributed by atoms with Crippen LogP contribution < -0.4 is 11.1 Å². The molecule has 30 heavy (non-hydrogen) atoms. The molecule has 1 amide bonds. The number of carbonyl (C=O) groups is 1. The monoisotopic (exact) mass is 427 g/mol. The lowest BCUT2D eigenvalue weighted by Gasteiger charge is -2.30. The highest BCUT2D eigenvalue weighted by Gasteiger charge is 2.33. The van der Waals surface area contributed by atoms with E-state index in [0.717, 1.165) is 31.2 Å². The molecule has 2 aliphatic rings. The molecule has 1 fully saturated rings. The molecule has 2 aromatic carbocycles. The van der Waals surface area contributed by atoms with E-state index >= 15 is 0 Å². The van der Waals surface area contributed by atoms with Crippen LogP contribution in [0.25, 0.3) is 0 Å². The fraction of sp³-hybridized carbons (Fsp3) is 0.435. The van der Waals surface area contributed by atoms with Gasteiger partial charge in [-0.15, -0.1) is 0 Å². The van der Waals surface area contributed by atoms with E-state index in [1.54, 1.807) is 24.3 Å². The average molecular weight is 428 g/mol. The molecule has 3 N–H and O–H groups in total. The highest BCUT2D eigenvalue weighted by molar-refractivity contribution is 7.89. The topological polar surface area (TPSA) is 92.5 Å². The Labute approximate surface area is 178 Å². The normalized spacial score (nSPS) is 19.1. The molecule has 1 aliphatic heterocycles. The summed E-state index contributed by atoms with van der Waals surface area (Å²) in [6.45, 7) is 0.739. The Morgan fingerprint density at radius 2 is 1.77 bits per heavy atom. The van der Waals surface area contributed by atoms with Gasteiger partial charge in [-0.05, 0) is 48.1 Å². The number of hydrogen-bond acceptors (Lipinski definition) is 4. The van der Waals surface area contributed by atoms with Crippen LogP contribution in [-0.2, 0) is 23.0 Å². The summed E-state index contributed by atoms with van der Waals surface area (Å²) in [6, 6.07) is 14.8. The maximum Gasteiger partial charge on any atom is 0.251 e. The Morgan fingerprint density at radius 1 is 1.03 bits per heavy atom. The molecule has 0 saturated heterocycles. The summed E-state index contributed by atoms with van der Waals surface area (Å²) < 4.78 is 27.8. The van der Waals surface area contributed by atoms with Gasteiger partial charge in [-0.25, -0.2) is 8.42 Å². The molecule has 2 aromatic rings. The van der Waals surface area contributed by atoms with Gasteiger partial charge in [-0.2, -0.15) is 4.31 Å². The van der Waals surface area contributed by atoms with Gasteiger partial charge < -0.3 is 11.1 Å². The molecule has 1 saturated carbocycles. The summed E-state index contributed by atoms with van der Waals surface area (Å²) in [5.74, 6) is -0.166. The van der Waals surface area contributed by atoms with Crippen LogP contribution in [0.1, 0.15) is 64.5 Å². The standard InChI is InChI=1S/C23H29N3O3S/c24-22(30(28,29)26-14-13-17-7-4-5-8-20(17)16-26)18-9-6-10-19(15-18)23(27)25-21-11-2-1-3-12-21/h4-10,15,21-22H,1-3,11-14,16,24H2,(H,25,27). The van der Waals surface area contributed by atoms with Gasteiger partial charge >= 0.3 is 0 Å². The van der Waals surface area contributed by atoms with Crippen molar-refractivity contribution in [3.63, 3.8) is 0 Å².